The standard InChI is InChI=1S/C17H17N3O3/c1-9(2)17(3)16(23)19-14(20-17)12-11(15(21)22)7-6-10-5-4-8-18-13(10)12/h4-9H,1-3H3,(H,21,22)(H,19,20,23). The third-order valence-corrected chi connectivity index (χ3v) is 4.40. The smallest absolute Gasteiger partial charge is 0.336 e. The number of nitrogens with zero attached hydrogens (tertiary/aromatic N) is 2. The number of hydrogen-bond acceptors (Lipinski definition) is 4. The third-order valence-electron chi connectivity index (χ3n) is 4.40. The van der Waals surface area contributed by atoms with Crippen LogP contribution in [0.3, 0.4) is 0 Å². The van der Waals surface area contributed by atoms with Crippen molar-refractivity contribution in [3.8, 4) is 0 Å². The van der Waals surface area contributed by atoms with E-state index in [1.807, 2.05) is 19.9 Å². The lowest BCUT2D eigenvalue weighted by Crippen LogP contribution is -2.41. The van der Waals surface area contributed by atoms with Gasteiger partial charge in [0, 0.05) is 11.6 Å². The first-order valence-electron chi connectivity index (χ1n) is 7.37. The Balaban J connectivity index is 2.29. The number of pyridine rings is 1. The highest BCUT2D eigenvalue weighted by Crippen LogP contribution is 2.29. The molecule has 118 valence electrons. The van der Waals surface area contributed by atoms with Crippen LogP contribution in [-0.2, 0) is 4.79 Å². The molecule has 1 aromatic heterocycles. The molecule has 6 nitrogen and oxygen atoms in total. The summed E-state index contributed by atoms with van der Waals surface area (Å²) in [5.74, 6) is -1.06. The van der Waals surface area contributed by atoms with Crippen LogP contribution in [0.1, 0.15) is 36.7 Å². The van der Waals surface area contributed by atoms with Crippen LogP contribution in [0.2, 0.25) is 0 Å². The van der Waals surface area contributed by atoms with Gasteiger partial charge < -0.3 is 10.4 Å². The maximum absolute atomic E-state index is 12.3. The molecule has 3 rings (SSSR count). The minimum atomic E-state index is -1.08. The second kappa shape index (κ2) is 5.15. The summed E-state index contributed by atoms with van der Waals surface area (Å²) in [7, 11) is 0. The zero-order valence-electron chi connectivity index (χ0n) is 13.1. The van der Waals surface area contributed by atoms with Gasteiger partial charge in [-0.25, -0.2) is 4.79 Å². The number of carboxylic acids is 1. The van der Waals surface area contributed by atoms with Crippen molar-refractivity contribution in [1.29, 1.82) is 0 Å². The number of aromatic nitrogens is 1. The molecule has 2 aromatic rings. The van der Waals surface area contributed by atoms with E-state index in [9.17, 15) is 14.7 Å². The molecule has 1 aromatic carbocycles. The van der Waals surface area contributed by atoms with Crippen molar-refractivity contribution in [3.63, 3.8) is 0 Å². The van der Waals surface area contributed by atoms with Crippen LogP contribution in [0, 0.1) is 5.92 Å². The molecule has 2 heterocycles. The van der Waals surface area contributed by atoms with E-state index in [0.29, 0.717) is 11.1 Å². The maximum atomic E-state index is 12.3. The van der Waals surface area contributed by atoms with Gasteiger partial charge in [0.2, 0.25) is 0 Å². The molecule has 0 saturated carbocycles. The van der Waals surface area contributed by atoms with Crippen LogP contribution < -0.4 is 5.32 Å². The Morgan fingerprint density at radius 2 is 2.04 bits per heavy atom. The number of aromatic carboxylic acids is 1. The first kappa shape index (κ1) is 15.1. The zero-order valence-corrected chi connectivity index (χ0v) is 13.1. The fraction of sp³-hybridized carbons (Fsp3) is 0.294. The van der Waals surface area contributed by atoms with E-state index >= 15 is 0 Å². The Hall–Kier alpha value is -2.76. The van der Waals surface area contributed by atoms with Crippen LogP contribution in [0.5, 0.6) is 0 Å². The Bertz CT molecular complexity index is 857. The molecule has 1 amide bonds. The van der Waals surface area contributed by atoms with Gasteiger partial charge in [-0.2, -0.15) is 0 Å². The number of amidine groups is 1. The zero-order chi connectivity index (χ0) is 16.8. The molecule has 0 aliphatic carbocycles. The van der Waals surface area contributed by atoms with Gasteiger partial charge in [0.1, 0.15) is 11.4 Å². The average Bonchev–Trinajstić information content (AvgIpc) is 2.82. The Morgan fingerprint density at radius 3 is 2.65 bits per heavy atom. The summed E-state index contributed by atoms with van der Waals surface area (Å²) in [6.45, 7) is 5.57. The molecule has 0 radical (unpaired) electrons. The van der Waals surface area contributed by atoms with E-state index in [1.54, 1.807) is 25.3 Å². The molecule has 1 aliphatic rings. The molecule has 1 unspecified atom stereocenters. The second-order valence-electron chi connectivity index (χ2n) is 6.09. The number of carbonyl (C=O) groups is 2. The molecule has 0 fully saturated rings. The van der Waals surface area contributed by atoms with Crippen LogP contribution in [0.25, 0.3) is 10.9 Å². The fourth-order valence-electron chi connectivity index (χ4n) is 2.62. The van der Waals surface area contributed by atoms with E-state index in [-0.39, 0.29) is 23.2 Å². The maximum Gasteiger partial charge on any atom is 0.336 e. The summed E-state index contributed by atoms with van der Waals surface area (Å²) >= 11 is 0. The molecule has 1 atom stereocenters. The lowest BCUT2D eigenvalue weighted by molar-refractivity contribution is -0.124. The van der Waals surface area contributed by atoms with E-state index in [1.165, 1.54) is 6.07 Å². The predicted octanol–water partition coefficient (Wildman–Crippen LogP) is 2.22. The number of rotatable bonds is 3. The summed E-state index contributed by atoms with van der Waals surface area (Å²) in [6.07, 6.45) is 1.59. The number of nitrogens with one attached hydrogen (secondary N) is 1. The summed E-state index contributed by atoms with van der Waals surface area (Å²) in [4.78, 5) is 32.8. The first-order chi connectivity index (χ1) is 10.8. The van der Waals surface area contributed by atoms with Gasteiger partial charge in [-0.15, -0.1) is 0 Å². The molecule has 2 N–H and O–H groups in total. The summed E-state index contributed by atoms with van der Waals surface area (Å²) in [5, 5.41) is 13.0. The molecule has 0 spiro atoms. The number of amides is 1. The summed E-state index contributed by atoms with van der Waals surface area (Å²) < 4.78 is 0. The number of fused-ring (bicyclic) bond motifs is 1. The third kappa shape index (κ3) is 2.27. The second-order valence-corrected chi connectivity index (χ2v) is 6.09. The Kier molecular flexibility index (Phi) is 3.39. The first-order valence-corrected chi connectivity index (χ1v) is 7.37. The lowest BCUT2D eigenvalue weighted by Gasteiger charge is -2.21. The molecule has 23 heavy (non-hydrogen) atoms. The van der Waals surface area contributed by atoms with E-state index in [0.717, 1.165) is 5.39 Å². The van der Waals surface area contributed by atoms with Crippen molar-refractivity contribution in [2.24, 2.45) is 10.9 Å². The van der Waals surface area contributed by atoms with Crippen LogP contribution in [0.15, 0.2) is 35.5 Å². The SMILES string of the molecule is CC(C)C1(C)N=C(c2c(C(=O)O)ccc3cccnc23)NC1=O. The predicted molar refractivity (Wildman–Crippen MR) is 86.6 cm³/mol. The van der Waals surface area contributed by atoms with Gasteiger partial charge in [-0.05, 0) is 25.0 Å². The van der Waals surface area contributed by atoms with Crippen molar-refractivity contribution in [2.75, 3.05) is 0 Å². The van der Waals surface area contributed by atoms with Gasteiger partial charge >= 0.3 is 5.97 Å². The fourth-order valence-corrected chi connectivity index (χ4v) is 2.62. The van der Waals surface area contributed by atoms with E-state index in [2.05, 4.69) is 15.3 Å². The lowest BCUT2D eigenvalue weighted by atomic mass is 9.89. The van der Waals surface area contributed by atoms with Crippen LogP contribution in [0.4, 0.5) is 0 Å². The van der Waals surface area contributed by atoms with E-state index in [4.69, 9.17) is 0 Å². The summed E-state index contributed by atoms with van der Waals surface area (Å²) in [6, 6.07) is 6.84. The highest BCUT2D eigenvalue weighted by atomic mass is 16.4. The molecular weight excluding hydrogens is 294 g/mol. The van der Waals surface area contributed by atoms with Crippen molar-refractivity contribution in [3.05, 3.63) is 41.6 Å². The molecule has 0 saturated heterocycles. The van der Waals surface area contributed by atoms with Gasteiger partial charge in [-0.1, -0.05) is 26.0 Å². The number of carbonyl (C=O) groups excluding carboxylic acids is 1. The Labute approximate surface area is 133 Å². The van der Waals surface area contributed by atoms with Gasteiger partial charge in [-0.3, -0.25) is 14.8 Å². The largest absolute Gasteiger partial charge is 0.478 e. The number of aliphatic imine (C=N–C) groups is 1. The van der Waals surface area contributed by atoms with Crippen molar-refractivity contribution in [2.45, 2.75) is 26.3 Å². The van der Waals surface area contributed by atoms with Gasteiger partial charge in [0.25, 0.3) is 5.91 Å². The van der Waals surface area contributed by atoms with Crippen LogP contribution in [-0.4, -0.2) is 33.3 Å². The van der Waals surface area contributed by atoms with Gasteiger partial charge in [0.05, 0.1) is 16.6 Å². The van der Waals surface area contributed by atoms with Crippen LogP contribution >= 0.6 is 0 Å². The topological polar surface area (TPSA) is 91.7 Å². The van der Waals surface area contributed by atoms with E-state index < -0.39 is 11.5 Å². The molecular formula is C17H17N3O3. The molecule has 1 aliphatic heterocycles. The van der Waals surface area contributed by atoms with Crippen molar-refractivity contribution < 1.29 is 14.7 Å². The Morgan fingerprint density at radius 1 is 1.30 bits per heavy atom. The van der Waals surface area contributed by atoms with Crippen molar-refractivity contribution in [1.82, 2.24) is 10.3 Å². The molecule has 0 bridgehead atoms. The minimum Gasteiger partial charge on any atom is -0.478 e. The highest BCUT2D eigenvalue weighted by Gasteiger charge is 2.43. The highest BCUT2D eigenvalue weighted by molar-refractivity contribution is 6.22. The van der Waals surface area contributed by atoms with Gasteiger partial charge in [0.15, 0.2) is 0 Å². The quantitative estimate of drug-likeness (QED) is 0.909. The molecule has 6 heteroatoms. The number of benzene rings is 1. The monoisotopic (exact) mass is 311 g/mol. The minimum absolute atomic E-state index is 0.0174. The summed E-state index contributed by atoms with van der Waals surface area (Å²) in [5.41, 5.74) is 0.0261. The van der Waals surface area contributed by atoms with Crippen molar-refractivity contribution >= 4 is 28.6 Å². The number of carboxylic acid groups (broad SMARTS) is 1. The average molecular weight is 311 g/mol. The normalized spacial score (nSPS) is 20.7. The number of hydrogen-bond donors (Lipinski definition) is 2.